The van der Waals surface area contributed by atoms with Crippen molar-refractivity contribution in [3.63, 3.8) is 0 Å². The molecule has 0 amide bonds. The summed E-state index contributed by atoms with van der Waals surface area (Å²) < 4.78 is 0. The summed E-state index contributed by atoms with van der Waals surface area (Å²) in [6.45, 7) is 1.09. The maximum Gasteiger partial charge on any atom is 0.120 e. The summed E-state index contributed by atoms with van der Waals surface area (Å²) in [5.74, 6) is 0.505. The summed E-state index contributed by atoms with van der Waals surface area (Å²) in [5, 5.41) is 13.7. The molecule has 1 fully saturated rings. The Kier molecular flexibility index (Phi) is 3.06. The maximum atomic E-state index is 10.2. The van der Waals surface area contributed by atoms with Crippen LogP contribution in [-0.2, 0) is 12.8 Å². The highest BCUT2D eigenvalue weighted by Crippen LogP contribution is 2.37. The molecule has 1 saturated heterocycles. The summed E-state index contributed by atoms with van der Waals surface area (Å²) in [5.41, 5.74) is 4.12. The lowest BCUT2D eigenvalue weighted by Gasteiger charge is -2.29. The number of piperidine rings is 1. The van der Waals surface area contributed by atoms with E-state index < -0.39 is 0 Å². The van der Waals surface area contributed by atoms with Gasteiger partial charge in [0.05, 0.1) is 0 Å². The SMILES string of the molecule is Oc1ccc2c(c1C1CCCCN1)CCCC2. The number of rotatable bonds is 1. The molecule has 0 bridgehead atoms. The van der Waals surface area contributed by atoms with E-state index in [0.717, 1.165) is 13.0 Å². The van der Waals surface area contributed by atoms with Crippen LogP contribution in [0.25, 0.3) is 0 Å². The second kappa shape index (κ2) is 4.69. The summed E-state index contributed by atoms with van der Waals surface area (Å²) in [6, 6.07) is 4.41. The fourth-order valence-corrected chi connectivity index (χ4v) is 3.33. The molecule has 2 nitrogen and oxygen atoms in total. The highest BCUT2D eigenvalue weighted by Gasteiger charge is 2.24. The number of hydrogen-bond acceptors (Lipinski definition) is 2. The van der Waals surface area contributed by atoms with Crippen LogP contribution in [0.1, 0.15) is 54.8 Å². The first-order valence-corrected chi connectivity index (χ1v) is 6.93. The third-order valence-electron chi connectivity index (χ3n) is 4.21. The van der Waals surface area contributed by atoms with Gasteiger partial charge in [0.2, 0.25) is 0 Å². The molecule has 0 spiro atoms. The van der Waals surface area contributed by atoms with Crippen molar-refractivity contribution in [3.8, 4) is 5.75 Å². The minimum absolute atomic E-state index is 0.386. The summed E-state index contributed by atoms with van der Waals surface area (Å²) >= 11 is 0. The Bertz CT molecular complexity index is 408. The van der Waals surface area contributed by atoms with Crippen molar-refractivity contribution in [2.45, 2.75) is 51.0 Å². The minimum Gasteiger partial charge on any atom is -0.508 e. The molecule has 1 atom stereocenters. The van der Waals surface area contributed by atoms with Gasteiger partial charge >= 0.3 is 0 Å². The van der Waals surface area contributed by atoms with Crippen molar-refractivity contribution in [2.24, 2.45) is 0 Å². The van der Waals surface area contributed by atoms with Crippen LogP contribution in [0.4, 0.5) is 0 Å². The molecular weight excluding hydrogens is 210 g/mol. The molecule has 92 valence electrons. The van der Waals surface area contributed by atoms with Gasteiger partial charge in [-0.25, -0.2) is 0 Å². The topological polar surface area (TPSA) is 32.3 Å². The van der Waals surface area contributed by atoms with Crippen LogP contribution in [0.5, 0.6) is 5.75 Å². The predicted octanol–water partition coefficient (Wildman–Crippen LogP) is 3.09. The molecule has 0 aromatic heterocycles. The molecule has 0 radical (unpaired) electrons. The summed E-state index contributed by atoms with van der Waals surface area (Å²) in [7, 11) is 0. The standard InChI is InChI=1S/C15H21NO/c17-14-9-8-11-5-1-2-6-12(11)15(14)13-7-3-4-10-16-13/h8-9,13,16-17H,1-7,10H2. The molecule has 2 N–H and O–H groups in total. The van der Waals surface area contributed by atoms with Crippen LogP contribution >= 0.6 is 0 Å². The Labute approximate surface area is 103 Å². The van der Waals surface area contributed by atoms with E-state index in [9.17, 15) is 5.11 Å². The zero-order chi connectivity index (χ0) is 11.7. The van der Waals surface area contributed by atoms with Gasteiger partial charge < -0.3 is 10.4 Å². The first-order chi connectivity index (χ1) is 8.36. The Morgan fingerprint density at radius 3 is 2.76 bits per heavy atom. The molecule has 1 aliphatic carbocycles. The van der Waals surface area contributed by atoms with Crippen LogP contribution in [0.15, 0.2) is 12.1 Å². The predicted molar refractivity (Wildman–Crippen MR) is 69.3 cm³/mol. The molecule has 1 aliphatic heterocycles. The monoisotopic (exact) mass is 231 g/mol. The minimum atomic E-state index is 0.386. The lowest BCUT2D eigenvalue weighted by molar-refractivity contribution is 0.387. The summed E-state index contributed by atoms with van der Waals surface area (Å²) in [4.78, 5) is 0. The number of aryl methyl sites for hydroxylation is 1. The molecule has 1 heterocycles. The van der Waals surface area contributed by atoms with Crippen molar-refractivity contribution in [2.75, 3.05) is 6.54 Å². The Balaban J connectivity index is 2.01. The number of nitrogens with one attached hydrogen (secondary N) is 1. The first-order valence-electron chi connectivity index (χ1n) is 6.93. The molecule has 3 rings (SSSR count). The van der Waals surface area contributed by atoms with Gasteiger partial charge in [-0.3, -0.25) is 0 Å². The van der Waals surface area contributed by atoms with Crippen molar-refractivity contribution >= 4 is 0 Å². The average Bonchev–Trinajstić information content (AvgIpc) is 2.39. The highest BCUT2D eigenvalue weighted by atomic mass is 16.3. The molecule has 2 heteroatoms. The van der Waals surface area contributed by atoms with E-state index in [0.29, 0.717) is 11.8 Å². The second-order valence-electron chi connectivity index (χ2n) is 5.35. The van der Waals surface area contributed by atoms with Gasteiger partial charge in [-0.1, -0.05) is 12.5 Å². The van der Waals surface area contributed by atoms with E-state index in [4.69, 9.17) is 0 Å². The van der Waals surface area contributed by atoms with Gasteiger partial charge in [0.25, 0.3) is 0 Å². The highest BCUT2D eigenvalue weighted by molar-refractivity contribution is 5.47. The number of phenols is 1. The number of fused-ring (bicyclic) bond motifs is 1. The molecular formula is C15H21NO. The fourth-order valence-electron chi connectivity index (χ4n) is 3.33. The van der Waals surface area contributed by atoms with E-state index >= 15 is 0 Å². The van der Waals surface area contributed by atoms with Crippen LogP contribution in [-0.4, -0.2) is 11.7 Å². The molecule has 2 aliphatic rings. The molecule has 17 heavy (non-hydrogen) atoms. The van der Waals surface area contributed by atoms with Crippen LogP contribution < -0.4 is 5.32 Å². The Hall–Kier alpha value is -1.02. The summed E-state index contributed by atoms with van der Waals surface area (Å²) in [6.07, 6.45) is 8.63. The smallest absolute Gasteiger partial charge is 0.120 e. The van der Waals surface area contributed by atoms with Crippen molar-refractivity contribution in [1.29, 1.82) is 0 Å². The van der Waals surface area contributed by atoms with Crippen molar-refractivity contribution in [3.05, 3.63) is 28.8 Å². The lowest BCUT2D eigenvalue weighted by atomic mass is 9.83. The van der Waals surface area contributed by atoms with E-state index in [1.807, 2.05) is 6.07 Å². The quantitative estimate of drug-likeness (QED) is 0.778. The number of aromatic hydroxyl groups is 1. The van der Waals surface area contributed by atoms with Crippen molar-refractivity contribution < 1.29 is 5.11 Å². The van der Waals surface area contributed by atoms with Crippen LogP contribution in [0.3, 0.4) is 0 Å². The Morgan fingerprint density at radius 1 is 1.06 bits per heavy atom. The zero-order valence-corrected chi connectivity index (χ0v) is 10.3. The fraction of sp³-hybridized carbons (Fsp3) is 0.600. The molecule has 1 aromatic rings. The maximum absolute atomic E-state index is 10.2. The largest absolute Gasteiger partial charge is 0.508 e. The van der Waals surface area contributed by atoms with Gasteiger partial charge in [0, 0.05) is 11.6 Å². The normalized spacial score (nSPS) is 24.4. The van der Waals surface area contributed by atoms with E-state index in [1.165, 1.54) is 55.2 Å². The van der Waals surface area contributed by atoms with E-state index in [-0.39, 0.29) is 0 Å². The van der Waals surface area contributed by atoms with Gasteiger partial charge in [-0.2, -0.15) is 0 Å². The van der Waals surface area contributed by atoms with Crippen molar-refractivity contribution in [1.82, 2.24) is 5.32 Å². The molecule has 1 aromatic carbocycles. The van der Waals surface area contributed by atoms with Gasteiger partial charge in [0.15, 0.2) is 0 Å². The number of phenolic OH excluding ortho intramolecular Hbond substituents is 1. The third kappa shape index (κ3) is 2.06. The number of hydrogen-bond donors (Lipinski definition) is 2. The van der Waals surface area contributed by atoms with E-state index in [1.54, 1.807) is 0 Å². The lowest BCUT2D eigenvalue weighted by Crippen LogP contribution is -2.28. The van der Waals surface area contributed by atoms with Gasteiger partial charge in [0.1, 0.15) is 5.75 Å². The second-order valence-corrected chi connectivity index (χ2v) is 5.35. The van der Waals surface area contributed by atoms with Gasteiger partial charge in [-0.05, 0) is 62.3 Å². The molecule has 1 unspecified atom stereocenters. The number of benzene rings is 1. The Morgan fingerprint density at radius 2 is 1.94 bits per heavy atom. The third-order valence-corrected chi connectivity index (χ3v) is 4.21. The van der Waals surface area contributed by atoms with Gasteiger partial charge in [-0.15, -0.1) is 0 Å². The van der Waals surface area contributed by atoms with E-state index in [2.05, 4.69) is 11.4 Å². The average molecular weight is 231 g/mol. The van der Waals surface area contributed by atoms with Crippen LogP contribution in [0.2, 0.25) is 0 Å². The molecule has 0 saturated carbocycles. The zero-order valence-electron chi connectivity index (χ0n) is 10.3. The van der Waals surface area contributed by atoms with Crippen LogP contribution in [0, 0.1) is 0 Å². The first kappa shape index (κ1) is 11.1.